The number of hydrogen-bond donors (Lipinski definition) is 1. The molecule has 0 radical (unpaired) electrons. The lowest BCUT2D eigenvalue weighted by molar-refractivity contribution is 0.116. The molecule has 0 spiro atoms. The van der Waals surface area contributed by atoms with Crippen molar-refractivity contribution in [2.75, 3.05) is 26.7 Å². The summed E-state index contributed by atoms with van der Waals surface area (Å²) in [6.45, 7) is 6.15. The van der Waals surface area contributed by atoms with Crippen LogP contribution in [0.4, 0.5) is 0 Å². The average molecular weight is 252 g/mol. The first-order valence-corrected chi connectivity index (χ1v) is 8.16. The van der Waals surface area contributed by atoms with Crippen molar-refractivity contribution in [1.82, 2.24) is 10.2 Å². The summed E-state index contributed by atoms with van der Waals surface area (Å²) in [5.74, 6) is 0. The Balaban J connectivity index is 1.81. The maximum absolute atomic E-state index is 3.80. The fraction of sp³-hybridized carbons (Fsp3) is 1.00. The highest BCUT2D eigenvalue weighted by molar-refractivity contribution is 4.91. The second-order valence-corrected chi connectivity index (χ2v) is 6.81. The Hall–Kier alpha value is -0.0800. The van der Waals surface area contributed by atoms with Crippen molar-refractivity contribution >= 4 is 0 Å². The minimum atomic E-state index is 0.587. The van der Waals surface area contributed by atoms with Gasteiger partial charge in [0.2, 0.25) is 0 Å². The van der Waals surface area contributed by atoms with Gasteiger partial charge in [0.1, 0.15) is 0 Å². The first kappa shape index (κ1) is 14.3. The van der Waals surface area contributed by atoms with Gasteiger partial charge < -0.3 is 10.2 Å². The van der Waals surface area contributed by atoms with Crippen LogP contribution in [-0.2, 0) is 0 Å². The first-order chi connectivity index (χ1) is 8.74. The number of nitrogens with zero attached hydrogens (tertiary/aromatic N) is 1. The highest BCUT2D eigenvalue weighted by Crippen LogP contribution is 2.37. The first-order valence-electron chi connectivity index (χ1n) is 8.16. The van der Waals surface area contributed by atoms with Gasteiger partial charge in [-0.2, -0.15) is 0 Å². The maximum Gasteiger partial charge on any atom is 0.00684 e. The van der Waals surface area contributed by atoms with Gasteiger partial charge in [-0.3, -0.25) is 0 Å². The zero-order valence-electron chi connectivity index (χ0n) is 12.5. The van der Waals surface area contributed by atoms with Gasteiger partial charge in [0.25, 0.3) is 0 Å². The van der Waals surface area contributed by atoms with E-state index in [0.717, 1.165) is 6.04 Å². The Bertz CT molecular complexity index is 229. The summed E-state index contributed by atoms with van der Waals surface area (Å²) in [4.78, 5) is 2.59. The summed E-state index contributed by atoms with van der Waals surface area (Å²) in [6.07, 6.45) is 12.8. The van der Waals surface area contributed by atoms with Crippen molar-refractivity contribution in [1.29, 1.82) is 0 Å². The van der Waals surface area contributed by atoms with E-state index in [0.29, 0.717) is 5.41 Å². The molecule has 0 aromatic rings. The summed E-state index contributed by atoms with van der Waals surface area (Å²) in [5, 5.41) is 3.80. The molecule has 0 unspecified atom stereocenters. The van der Waals surface area contributed by atoms with Crippen molar-refractivity contribution in [3.05, 3.63) is 0 Å². The van der Waals surface area contributed by atoms with Crippen molar-refractivity contribution in [2.24, 2.45) is 5.41 Å². The molecule has 18 heavy (non-hydrogen) atoms. The molecule has 0 amide bonds. The Labute approximate surface area is 114 Å². The fourth-order valence-corrected chi connectivity index (χ4v) is 3.42. The minimum Gasteiger partial charge on any atom is -0.313 e. The number of hydrogen-bond acceptors (Lipinski definition) is 2. The van der Waals surface area contributed by atoms with E-state index < -0.39 is 0 Å². The van der Waals surface area contributed by atoms with Crippen molar-refractivity contribution in [2.45, 2.75) is 70.8 Å². The summed E-state index contributed by atoms with van der Waals surface area (Å²) >= 11 is 0. The average Bonchev–Trinajstić information content (AvgIpc) is 3.19. The van der Waals surface area contributed by atoms with Crippen LogP contribution in [0.25, 0.3) is 0 Å². The van der Waals surface area contributed by atoms with Crippen LogP contribution < -0.4 is 5.32 Å². The minimum absolute atomic E-state index is 0.587. The van der Waals surface area contributed by atoms with Crippen LogP contribution in [-0.4, -0.2) is 37.6 Å². The lowest BCUT2D eigenvalue weighted by Gasteiger charge is -2.40. The van der Waals surface area contributed by atoms with Gasteiger partial charge in [0.05, 0.1) is 0 Å². The molecule has 0 aromatic carbocycles. The predicted octanol–water partition coefficient (Wildman–Crippen LogP) is 3.42. The molecule has 0 aromatic heterocycles. The van der Waals surface area contributed by atoms with E-state index in [4.69, 9.17) is 0 Å². The largest absolute Gasteiger partial charge is 0.313 e. The quantitative estimate of drug-likeness (QED) is 0.712. The van der Waals surface area contributed by atoms with Crippen LogP contribution in [0.5, 0.6) is 0 Å². The smallest absolute Gasteiger partial charge is 0.00684 e. The van der Waals surface area contributed by atoms with Crippen molar-refractivity contribution in [3.8, 4) is 0 Å². The van der Waals surface area contributed by atoms with Crippen LogP contribution in [0.2, 0.25) is 0 Å². The Kier molecular flexibility index (Phi) is 5.50. The molecule has 2 aliphatic rings. The lowest BCUT2D eigenvalue weighted by Crippen LogP contribution is -2.45. The van der Waals surface area contributed by atoms with Gasteiger partial charge in [0.15, 0.2) is 0 Å². The summed E-state index contributed by atoms with van der Waals surface area (Å²) in [7, 11) is 2.32. The molecule has 0 bridgehead atoms. The SMILES string of the molecule is CCCCN(C)CC1(CNC2CC2)CCCCC1. The second-order valence-electron chi connectivity index (χ2n) is 6.81. The maximum atomic E-state index is 3.80. The third-order valence-corrected chi connectivity index (χ3v) is 4.76. The van der Waals surface area contributed by atoms with Crippen LogP contribution >= 0.6 is 0 Å². The van der Waals surface area contributed by atoms with Gasteiger partial charge in [-0.25, -0.2) is 0 Å². The topological polar surface area (TPSA) is 15.3 Å². The van der Waals surface area contributed by atoms with Gasteiger partial charge in [-0.05, 0) is 51.1 Å². The van der Waals surface area contributed by atoms with Gasteiger partial charge >= 0.3 is 0 Å². The third-order valence-electron chi connectivity index (χ3n) is 4.76. The molecular formula is C16H32N2. The van der Waals surface area contributed by atoms with E-state index >= 15 is 0 Å². The van der Waals surface area contributed by atoms with Gasteiger partial charge in [-0.1, -0.05) is 32.6 Å². The zero-order valence-corrected chi connectivity index (χ0v) is 12.5. The molecule has 2 saturated carbocycles. The van der Waals surface area contributed by atoms with Crippen LogP contribution in [0.1, 0.15) is 64.7 Å². The Morgan fingerprint density at radius 2 is 1.89 bits per heavy atom. The molecule has 2 fully saturated rings. The molecule has 0 saturated heterocycles. The van der Waals surface area contributed by atoms with E-state index in [-0.39, 0.29) is 0 Å². The molecular weight excluding hydrogens is 220 g/mol. The lowest BCUT2D eigenvalue weighted by atomic mass is 9.73. The molecule has 0 aliphatic heterocycles. The molecule has 2 heteroatoms. The highest BCUT2D eigenvalue weighted by Gasteiger charge is 2.34. The summed E-state index contributed by atoms with van der Waals surface area (Å²) in [6, 6.07) is 0.866. The van der Waals surface area contributed by atoms with E-state index in [9.17, 15) is 0 Å². The highest BCUT2D eigenvalue weighted by atomic mass is 15.1. The van der Waals surface area contributed by atoms with E-state index in [2.05, 4.69) is 24.2 Å². The monoisotopic (exact) mass is 252 g/mol. The molecule has 106 valence electrons. The van der Waals surface area contributed by atoms with Gasteiger partial charge in [-0.15, -0.1) is 0 Å². The molecule has 2 aliphatic carbocycles. The summed E-state index contributed by atoms with van der Waals surface area (Å²) < 4.78 is 0. The zero-order chi connectivity index (χ0) is 12.8. The van der Waals surface area contributed by atoms with Gasteiger partial charge in [0, 0.05) is 19.1 Å². The molecule has 0 heterocycles. The van der Waals surface area contributed by atoms with E-state index in [1.165, 1.54) is 77.4 Å². The normalized spacial score (nSPS) is 23.5. The fourth-order valence-electron chi connectivity index (χ4n) is 3.42. The standard InChI is InChI=1S/C16H32N2/c1-3-4-12-18(2)14-16(10-6-5-7-11-16)13-17-15-8-9-15/h15,17H,3-14H2,1-2H3. The van der Waals surface area contributed by atoms with Crippen LogP contribution in [0.15, 0.2) is 0 Å². The molecule has 1 N–H and O–H groups in total. The van der Waals surface area contributed by atoms with Crippen LogP contribution in [0.3, 0.4) is 0 Å². The second kappa shape index (κ2) is 6.91. The predicted molar refractivity (Wildman–Crippen MR) is 78.9 cm³/mol. The number of rotatable bonds is 8. The Morgan fingerprint density at radius 1 is 1.17 bits per heavy atom. The van der Waals surface area contributed by atoms with Crippen LogP contribution in [0, 0.1) is 5.41 Å². The van der Waals surface area contributed by atoms with E-state index in [1.807, 2.05) is 0 Å². The number of nitrogens with one attached hydrogen (secondary N) is 1. The third kappa shape index (κ3) is 4.55. The molecule has 0 atom stereocenters. The Morgan fingerprint density at radius 3 is 2.50 bits per heavy atom. The number of unbranched alkanes of at least 4 members (excludes halogenated alkanes) is 1. The summed E-state index contributed by atoms with van der Waals surface area (Å²) in [5.41, 5.74) is 0.587. The van der Waals surface area contributed by atoms with E-state index in [1.54, 1.807) is 0 Å². The van der Waals surface area contributed by atoms with Crippen molar-refractivity contribution in [3.63, 3.8) is 0 Å². The molecule has 2 nitrogen and oxygen atoms in total. The van der Waals surface area contributed by atoms with Crippen molar-refractivity contribution < 1.29 is 0 Å². The molecule has 2 rings (SSSR count).